The lowest BCUT2D eigenvalue weighted by atomic mass is 10.2. The van der Waals surface area contributed by atoms with Gasteiger partial charge in [-0.3, -0.25) is 5.32 Å². The van der Waals surface area contributed by atoms with E-state index in [-0.39, 0.29) is 5.82 Å². The molecule has 0 saturated heterocycles. The first-order valence-corrected chi connectivity index (χ1v) is 7.21. The number of fused-ring (bicyclic) bond motifs is 1. The molecular formula is C15H15FN6O3. The van der Waals surface area contributed by atoms with Gasteiger partial charge in [-0.15, -0.1) is 0 Å². The van der Waals surface area contributed by atoms with Crippen LogP contribution in [0, 0.1) is 0 Å². The summed E-state index contributed by atoms with van der Waals surface area (Å²) in [6.07, 6.45) is 1.73. The molecule has 0 unspecified atom stereocenters. The number of nitrogens with one attached hydrogen (secondary N) is 2. The first-order chi connectivity index (χ1) is 12.1. The van der Waals surface area contributed by atoms with Gasteiger partial charge in [0.15, 0.2) is 0 Å². The van der Waals surface area contributed by atoms with E-state index in [2.05, 4.69) is 30.5 Å². The Morgan fingerprint density at radius 3 is 2.76 bits per heavy atom. The van der Waals surface area contributed by atoms with E-state index in [9.17, 15) is 9.32 Å². The number of amides is 1. The fourth-order valence-corrected chi connectivity index (χ4v) is 2.61. The van der Waals surface area contributed by atoms with Crippen LogP contribution in [0.15, 0.2) is 24.7 Å². The lowest BCUT2D eigenvalue weighted by molar-refractivity contribution is -0.0544. The van der Waals surface area contributed by atoms with Crippen molar-refractivity contribution in [2.45, 2.75) is 0 Å². The van der Waals surface area contributed by atoms with E-state index in [1.807, 2.05) is 17.7 Å². The van der Waals surface area contributed by atoms with Gasteiger partial charge in [0.1, 0.15) is 23.5 Å². The molecule has 0 saturated carbocycles. The van der Waals surface area contributed by atoms with E-state index < -0.39 is 6.09 Å². The molecule has 0 bridgehead atoms. The van der Waals surface area contributed by atoms with E-state index in [0.717, 1.165) is 16.6 Å². The number of carbonyl (C=O) groups excluding carboxylic acids is 1. The Hall–Kier alpha value is -3.43. The van der Waals surface area contributed by atoms with Gasteiger partial charge in [0.2, 0.25) is 5.88 Å². The molecule has 0 aromatic carbocycles. The number of nitrogens with zero attached hydrogens (tertiary/aromatic N) is 4. The SMILES string of the molecule is CNc1ncnc(OC)c1-c1cc2cc(NC(=O)OF)ncc2n1C. The Bertz CT molecular complexity index is 920. The van der Waals surface area contributed by atoms with Crippen molar-refractivity contribution < 1.29 is 19.0 Å². The molecule has 3 aromatic rings. The Labute approximate surface area is 141 Å². The molecule has 1 amide bonds. The maximum Gasteiger partial charge on any atom is 0.450 e. The lowest BCUT2D eigenvalue weighted by Crippen LogP contribution is -2.10. The number of aryl methyl sites for hydroxylation is 1. The highest BCUT2D eigenvalue weighted by Crippen LogP contribution is 2.36. The lowest BCUT2D eigenvalue weighted by Gasteiger charge is -2.12. The Morgan fingerprint density at radius 1 is 1.28 bits per heavy atom. The first-order valence-electron chi connectivity index (χ1n) is 7.21. The van der Waals surface area contributed by atoms with E-state index in [0.29, 0.717) is 17.3 Å². The number of hydrogen-bond donors (Lipinski definition) is 2. The van der Waals surface area contributed by atoms with E-state index >= 15 is 0 Å². The summed E-state index contributed by atoms with van der Waals surface area (Å²) >= 11 is 0. The van der Waals surface area contributed by atoms with Crippen LogP contribution < -0.4 is 15.4 Å². The Morgan fingerprint density at radius 2 is 2.08 bits per heavy atom. The average Bonchev–Trinajstić information content (AvgIpc) is 2.96. The number of pyridine rings is 1. The number of anilines is 2. The largest absolute Gasteiger partial charge is 0.480 e. The molecule has 0 aliphatic carbocycles. The molecule has 130 valence electrons. The number of hydrogen-bond acceptors (Lipinski definition) is 7. The highest BCUT2D eigenvalue weighted by atomic mass is 19.3. The summed E-state index contributed by atoms with van der Waals surface area (Å²) < 4.78 is 19.1. The average molecular weight is 346 g/mol. The normalized spacial score (nSPS) is 10.6. The van der Waals surface area contributed by atoms with Crippen molar-refractivity contribution in [3.8, 4) is 17.1 Å². The molecule has 9 nitrogen and oxygen atoms in total. The number of methoxy groups -OCH3 is 1. The monoisotopic (exact) mass is 346 g/mol. The van der Waals surface area contributed by atoms with Crippen LogP contribution in [-0.4, -0.2) is 39.8 Å². The molecule has 0 atom stereocenters. The number of aromatic nitrogens is 4. The van der Waals surface area contributed by atoms with Crippen LogP contribution >= 0.6 is 0 Å². The minimum atomic E-state index is -1.24. The summed E-state index contributed by atoms with van der Waals surface area (Å²) in [6, 6.07) is 3.47. The molecule has 10 heteroatoms. The van der Waals surface area contributed by atoms with E-state index in [4.69, 9.17) is 4.74 Å². The summed E-state index contributed by atoms with van der Waals surface area (Å²) in [4.78, 5) is 26.5. The minimum Gasteiger partial charge on any atom is -0.480 e. The predicted molar refractivity (Wildman–Crippen MR) is 89.1 cm³/mol. The molecule has 0 aliphatic rings. The van der Waals surface area contributed by atoms with E-state index in [1.165, 1.54) is 13.4 Å². The van der Waals surface area contributed by atoms with Crippen molar-refractivity contribution in [1.29, 1.82) is 0 Å². The van der Waals surface area contributed by atoms with Gasteiger partial charge in [-0.2, -0.15) is 0 Å². The maximum atomic E-state index is 11.9. The predicted octanol–water partition coefficient (Wildman–Crippen LogP) is 2.51. The zero-order chi connectivity index (χ0) is 18.0. The van der Waals surface area contributed by atoms with Gasteiger partial charge in [-0.05, 0) is 12.1 Å². The maximum absolute atomic E-state index is 11.9. The second-order valence-corrected chi connectivity index (χ2v) is 5.06. The molecule has 0 fully saturated rings. The molecule has 3 heterocycles. The molecule has 0 aliphatic heterocycles. The van der Waals surface area contributed by atoms with Crippen LogP contribution in [0.25, 0.3) is 22.2 Å². The minimum absolute atomic E-state index is 0.164. The zero-order valence-electron chi connectivity index (χ0n) is 13.7. The number of rotatable bonds is 4. The van der Waals surface area contributed by atoms with Crippen LogP contribution in [0.1, 0.15) is 0 Å². The highest BCUT2D eigenvalue weighted by molar-refractivity contribution is 5.93. The summed E-state index contributed by atoms with van der Waals surface area (Å²) in [5, 5.41) is 5.96. The number of ether oxygens (including phenoxy) is 1. The second-order valence-electron chi connectivity index (χ2n) is 5.06. The van der Waals surface area contributed by atoms with Gasteiger partial charge in [0, 0.05) is 24.0 Å². The highest BCUT2D eigenvalue weighted by Gasteiger charge is 2.19. The third kappa shape index (κ3) is 2.89. The molecule has 3 rings (SSSR count). The van der Waals surface area contributed by atoms with Crippen molar-refractivity contribution in [3.05, 3.63) is 24.7 Å². The summed E-state index contributed by atoms with van der Waals surface area (Å²) in [5.41, 5.74) is 2.26. The Kier molecular flexibility index (Phi) is 4.33. The van der Waals surface area contributed by atoms with Crippen LogP contribution in [0.4, 0.5) is 21.0 Å². The fourth-order valence-electron chi connectivity index (χ4n) is 2.61. The smallest absolute Gasteiger partial charge is 0.450 e. The van der Waals surface area contributed by atoms with Crippen LogP contribution in [-0.2, 0) is 12.0 Å². The van der Waals surface area contributed by atoms with Crippen LogP contribution in [0.3, 0.4) is 0 Å². The number of carbonyl (C=O) groups is 1. The molecule has 2 N–H and O–H groups in total. The third-order valence-electron chi connectivity index (χ3n) is 3.73. The summed E-state index contributed by atoms with van der Waals surface area (Å²) in [6.45, 7) is 0. The van der Waals surface area contributed by atoms with Gasteiger partial charge in [-0.25, -0.2) is 24.7 Å². The molecule has 3 aromatic heterocycles. The summed E-state index contributed by atoms with van der Waals surface area (Å²) in [5.74, 6) is 1.18. The molecule has 0 spiro atoms. The zero-order valence-corrected chi connectivity index (χ0v) is 13.7. The fraction of sp³-hybridized carbons (Fsp3) is 0.200. The Balaban J connectivity index is 2.15. The van der Waals surface area contributed by atoms with Crippen molar-refractivity contribution in [3.63, 3.8) is 0 Å². The molecule has 25 heavy (non-hydrogen) atoms. The third-order valence-corrected chi connectivity index (χ3v) is 3.73. The number of halogens is 1. The standard InChI is InChI=1S/C15H15FN6O3/c1-17-13-12(14(24-3)20-7-19-13)9-4-8-5-11(21-15(23)25-16)18-6-10(8)22(9)2/h4-7H,1-3H3,(H,17,19,20)(H,18,21,23). The van der Waals surface area contributed by atoms with Gasteiger partial charge in [0.05, 0.1) is 24.5 Å². The van der Waals surface area contributed by atoms with Gasteiger partial charge in [0.25, 0.3) is 0 Å². The van der Waals surface area contributed by atoms with Crippen molar-refractivity contribution in [1.82, 2.24) is 19.5 Å². The van der Waals surface area contributed by atoms with Gasteiger partial charge in [-0.1, -0.05) is 0 Å². The van der Waals surface area contributed by atoms with Crippen LogP contribution in [0.5, 0.6) is 5.88 Å². The molecule has 0 radical (unpaired) electrons. The van der Waals surface area contributed by atoms with Crippen molar-refractivity contribution in [2.75, 3.05) is 24.8 Å². The van der Waals surface area contributed by atoms with Gasteiger partial charge < -0.3 is 14.6 Å². The topological polar surface area (TPSA) is 103 Å². The van der Waals surface area contributed by atoms with Crippen LogP contribution in [0.2, 0.25) is 0 Å². The van der Waals surface area contributed by atoms with Gasteiger partial charge >= 0.3 is 6.09 Å². The quantitative estimate of drug-likeness (QED) is 0.748. The second kappa shape index (κ2) is 6.59. The molecular weight excluding hydrogens is 331 g/mol. The van der Waals surface area contributed by atoms with E-state index in [1.54, 1.807) is 19.3 Å². The van der Waals surface area contributed by atoms with Crippen molar-refractivity contribution in [2.24, 2.45) is 7.05 Å². The van der Waals surface area contributed by atoms with Crippen molar-refractivity contribution >= 4 is 28.6 Å². The summed E-state index contributed by atoms with van der Waals surface area (Å²) in [7, 11) is 5.13. The first kappa shape index (κ1) is 16.4.